The van der Waals surface area contributed by atoms with Crippen molar-refractivity contribution in [2.24, 2.45) is 0 Å². The number of rotatable bonds is 5. The summed E-state index contributed by atoms with van der Waals surface area (Å²) in [6, 6.07) is 10.3. The van der Waals surface area contributed by atoms with Gasteiger partial charge >= 0.3 is 0 Å². The average molecular weight is 561 g/mol. The molecule has 0 radical (unpaired) electrons. The lowest BCUT2D eigenvalue weighted by atomic mass is 9.70. The van der Waals surface area contributed by atoms with Crippen molar-refractivity contribution in [2.75, 3.05) is 54.0 Å². The Morgan fingerprint density at radius 1 is 0.658 bits per heavy atom. The van der Waals surface area contributed by atoms with Crippen LogP contribution in [0, 0.1) is 0 Å². The molecular weight excluding hydrogens is 504 g/mol. The van der Waals surface area contributed by atoms with Crippen LogP contribution in [0.3, 0.4) is 0 Å². The minimum Gasteiger partial charge on any atom is -0.344 e. The van der Waals surface area contributed by atoms with Crippen molar-refractivity contribution in [2.45, 2.75) is 63.7 Å². The van der Waals surface area contributed by atoms with Crippen molar-refractivity contribution >= 4 is 36.0 Å². The Hall–Kier alpha value is -2.57. The fourth-order valence-electron chi connectivity index (χ4n) is 5.65. The lowest BCUT2D eigenvalue weighted by molar-refractivity contribution is -0.123. The third-order valence-corrected chi connectivity index (χ3v) is 7.78. The highest BCUT2D eigenvalue weighted by molar-refractivity contribution is 5.88. The van der Waals surface area contributed by atoms with E-state index in [9.17, 15) is 4.79 Å². The molecule has 3 fully saturated rings. The number of ketones is 1. The number of piperidine rings is 3. The van der Waals surface area contributed by atoms with Gasteiger partial charge in [0.15, 0.2) is 0 Å². The van der Waals surface area contributed by atoms with Gasteiger partial charge in [-0.15, -0.1) is 12.4 Å². The number of benzene rings is 1. The molecule has 5 rings (SSSR count). The van der Waals surface area contributed by atoms with E-state index in [1.807, 2.05) is 18.2 Å². The maximum absolute atomic E-state index is 12.8. The predicted octanol–water partition coefficient (Wildman–Crippen LogP) is 6.03. The summed E-state index contributed by atoms with van der Waals surface area (Å²) in [5.41, 5.74) is 0.728. The molecule has 12 heteroatoms. The second kappa shape index (κ2) is 15.7. The number of nitrogens with zero attached hydrogens (tertiary/aromatic N) is 6. The van der Waals surface area contributed by atoms with Crippen LogP contribution in [-0.4, -0.2) is 60.0 Å². The first-order valence-corrected chi connectivity index (χ1v) is 12.7. The van der Waals surface area contributed by atoms with E-state index in [0.29, 0.717) is 0 Å². The molecule has 38 heavy (non-hydrogen) atoms. The summed E-state index contributed by atoms with van der Waals surface area (Å²) in [6.45, 7) is 7.37. The largest absolute Gasteiger partial charge is 0.344 e. The Morgan fingerprint density at radius 2 is 1.03 bits per heavy atom. The zero-order chi connectivity index (χ0) is 22.7. The topological polar surface area (TPSA) is 205 Å². The fraction of sp³-hybridized carbons (Fsp3) is 0.615. The molecule has 2 aromatic rings. The van der Waals surface area contributed by atoms with E-state index < -0.39 is 5.41 Å². The number of halogens is 1. The molecule has 0 saturated carbocycles. The first-order chi connectivity index (χ1) is 16.2. The molecule has 0 unspecified atom stereocenters. The van der Waals surface area contributed by atoms with Crippen LogP contribution in [0.4, 0.5) is 17.8 Å². The number of carbonyl (C=O) groups excluding carboxylic acids is 1. The molecule has 1 aromatic carbocycles. The molecule has 0 aliphatic carbocycles. The van der Waals surface area contributed by atoms with Crippen molar-refractivity contribution in [1.82, 2.24) is 39.6 Å². The molecule has 11 nitrogen and oxygen atoms in total. The lowest BCUT2D eigenvalue weighted by Crippen LogP contribution is -2.47. The number of hydrogen-bond donors (Lipinski definition) is 4. The smallest absolute Gasteiger partial charge is 0.231 e. The lowest BCUT2D eigenvalue weighted by Gasteiger charge is -2.41. The molecule has 0 spiro atoms. The fourth-order valence-corrected chi connectivity index (χ4v) is 5.65. The number of anilines is 3. The Balaban J connectivity index is -0.000000507. The normalized spacial score (nSPS) is 18.4. The molecule has 3 saturated heterocycles. The first kappa shape index (κ1) is 35.4. The molecule has 0 amide bonds. The first-order valence-electron chi connectivity index (χ1n) is 12.7. The van der Waals surface area contributed by atoms with Gasteiger partial charge in [-0.3, -0.25) is 4.79 Å². The Labute approximate surface area is 239 Å². The highest BCUT2D eigenvalue weighted by Crippen LogP contribution is 2.37. The Morgan fingerprint density at radius 3 is 1.39 bits per heavy atom. The number of hydrogen-bond acceptors (Lipinski definition) is 11. The van der Waals surface area contributed by atoms with Gasteiger partial charge in [-0.05, 0) is 63.9 Å². The summed E-state index contributed by atoms with van der Waals surface area (Å²) < 4.78 is 0. The molecule has 4 heterocycles. The number of carbonyl (C=O) groups is 1. The summed E-state index contributed by atoms with van der Waals surface area (Å²) in [4.78, 5) is 34.6. The van der Waals surface area contributed by atoms with Gasteiger partial charge in [0.05, 0.1) is 5.41 Å². The third kappa shape index (κ3) is 7.29. The van der Waals surface area contributed by atoms with E-state index >= 15 is 0 Å². The minimum absolute atomic E-state index is 0. The predicted molar refractivity (Wildman–Crippen MR) is 168 cm³/mol. The molecular formula is C26H57ClN10O. The van der Waals surface area contributed by atoms with E-state index in [1.54, 1.807) is 6.92 Å². The van der Waals surface area contributed by atoms with Gasteiger partial charge in [-0.1, -0.05) is 30.3 Å². The monoisotopic (exact) mass is 560 g/mol. The molecule has 0 atom stereocenters. The molecule has 3 aliphatic rings. The zero-order valence-electron chi connectivity index (χ0n) is 23.1. The van der Waals surface area contributed by atoms with Gasteiger partial charge in [0.2, 0.25) is 17.8 Å². The van der Waals surface area contributed by atoms with Gasteiger partial charge in [-0.2, -0.15) is 15.0 Å². The molecule has 1 aromatic heterocycles. The van der Waals surface area contributed by atoms with E-state index in [1.165, 1.54) is 38.5 Å². The second-order valence-electron chi connectivity index (χ2n) is 9.82. The van der Waals surface area contributed by atoms with Gasteiger partial charge in [0, 0.05) is 45.0 Å². The van der Waals surface area contributed by atoms with Crippen molar-refractivity contribution in [3.63, 3.8) is 0 Å². The third-order valence-electron chi connectivity index (χ3n) is 7.78. The van der Waals surface area contributed by atoms with Crippen LogP contribution in [0.5, 0.6) is 0 Å². The van der Waals surface area contributed by atoms with Crippen LogP contribution in [0.15, 0.2) is 30.3 Å². The van der Waals surface area contributed by atoms with Crippen LogP contribution >= 0.6 is 12.4 Å². The standard InChI is InChI=1S/C26H36N6O.ClH.4H3N.4H2/c1-21(33)26(22-11-5-2-6-12-22)13-19-32(20-14-26)25-28-23(30-15-7-3-8-16-30)27-24(29-25)31-17-9-4-10-18-31;;;;;;;;;/h2,5-6,11-12H,3-4,7-10,13-20H2,1H3;1H;4*1H3;4*1H. The molecule has 224 valence electrons. The van der Waals surface area contributed by atoms with E-state index in [4.69, 9.17) is 15.0 Å². The summed E-state index contributed by atoms with van der Waals surface area (Å²) >= 11 is 0. The quantitative estimate of drug-likeness (QED) is 0.331. The van der Waals surface area contributed by atoms with Gasteiger partial charge in [0.1, 0.15) is 5.78 Å². The van der Waals surface area contributed by atoms with Gasteiger partial charge in [0.25, 0.3) is 0 Å². The van der Waals surface area contributed by atoms with E-state index in [2.05, 4.69) is 26.8 Å². The number of aromatic nitrogens is 3. The van der Waals surface area contributed by atoms with Crippen LogP contribution in [0.25, 0.3) is 0 Å². The highest BCUT2D eigenvalue weighted by Gasteiger charge is 2.41. The molecule has 12 N–H and O–H groups in total. The van der Waals surface area contributed by atoms with Gasteiger partial charge < -0.3 is 39.3 Å². The van der Waals surface area contributed by atoms with Crippen molar-refractivity contribution in [3.05, 3.63) is 35.9 Å². The molecule has 3 aliphatic heterocycles. The molecule has 0 bridgehead atoms. The van der Waals surface area contributed by atoms with Crippen molar-refractivity contribution < 1.29 is 10.5 Å². The zero-order valence-corrected chi connectivity index (χ0v) is 23.9. The van der Waals surface area contributed by atoms with Crippen LogP contribution in [-0.2, 0) is 10.2 Å². The second-order valence-corrected chi connectivity index (χ2v) is 9.82. The average Bonchev–Trinajstić information content (AvgIpc) is 2.90. The van der Waals surface area contributed by atoms with E-state index in [-0.39, 0.29) is 48.5 Å². The van der Waals surface area contributed by atoms with Crippen LogP contribution < -0.4 is 39.3 Å². The summed E-state index contributed by atoms with van der Waals surface area (Å²) in [5.74, 6) is 2.68. The SMILES string of the molecule is CC(=O)C1(c2ccccc2)CCN(c2nc(N3CCCCC3)nc(N3CCCCC3)n2)CC1.Cl.N.N.N.N.[HH].[HH].[HH].[HH]. The Kier molecular flexibility index (Phi) is 14.7. The van der Waals surface area contributed by atoms with Crippen molar-refractivity contribution in [1.29, 1.82) is 0 Å². The van der Waals surface area contributed by atoms with Crippen molar-refractivity contribution in [3.8, 4) is 0 Å². The van der Waals surface area contributed by atoms with Gasteiger partial charge in [-0.25, -0.2) is 0 Å². The summed E-state index contributed by atoms with van der Waals surface area (Å²) in [6.07, 6.45) is 8.93. The Bertz CT molecular complexity index is 943. The van der Waals surface area contributed by atoms with E-state index in [0.717, 1.165) is 75.5 Å². The minimum atomic E-state index is -0.407. The van der Waals surface area contributed by atoms with Crippen LogP contribution in [0.2, 0.25) is 0 Å². The maximum atomic E-state index is 12.8. The highest BCUT2D eigenvalue weighted by atomic mass is 35.5. The maximum Gasteiger partial charge on any atom is 0.231 e. The van der Waals surface area contributed by atoms with Crippen LogP contribution in [0.1, 0.15) is 69.6 Å². The summed E-state index contributed by atoms with van der Waals surface area (Å²) in [5, 5.41) is 0. The summed E-state index contributed by atoms with van der Waals surface area (Å²) in [7, 11) is 0. The number of Topliss-reactive ketones (excluding diaryl/α,β-unsaturated/α-hetero) is 1.